The van der Waals surface area contributed by atoms with Crippen molar-refractivity contribution >= 4 is 28.6 Å². The second-order valence-electron chi connectivity index (χ2n) is 5.82. The minimum atomic E-state index is -0.243. The molecular weight excluding hydrogens is 357 g/mol. The highest BCUT2D eigenvalue weighted by Gasteiger charge is 2.14. The number of aromatic nitrogens is 2. The first kappa shape index (κ1) is 17.7. The second kappa shape index (κ2) is 7.84. The number of nitrogens with zero attached hydrogens (tertiary/aromatic N) is 3. The molecule has 0 unspecified atom stereocenters. The summed E-state index contributed by atoms with van der Waals surface area (Å²) in [5.74, 6) is -0.225. The number of likely N-dealkylation sites (N-methyl/N-ethyl adjacent to an activating group) is 1. The van der Waals surface area contributed by atoms with Gasteiger partial charge in [-0.05, 0) is 24.6 Å². The van der Waals surface area contributed by atoms with Gasteiger partial charge in [0, 0.05) is 24.2 Å². The van der Waals surface area contributed by atoms with Gasteiger partial charge in [-0.25, -0.2) is 14.4 Å². The lowest BCUT2D eigenvalue weighted by Gasteiger charge is -2.15. The fraction of sp³-hybridized carbons (Fsp3) is 0.278. The minimum absolute atomic E-state index is 0.0179. The maximum atomic E-state index is 12.9. The SMILES string of the molecule is Cc1nc(CN(C)C(=O)Cc2csc(Cc3ccc(F)cc3)n2)cs1. The third-order valence-electron chi connectivity index (χ3n) is 3.69. The average Bonchev–Trinajstić information content (AvgIpc) is 3.18. The molecule has 0 aliphatic carbocycles. The number of thiazole rings is 2. The van der Waals surface area contributed by atoms with Gasteiger partial charge in [-0.1, -0.05) is 12.1 Å². The summed E-state index contributed by atoms with van der Waals surface area (Å²) < 4.78 is 12.9. The summed E-state index contributed by atoms with van der Waals surface area (Å²) in [6, 6.07) is 6.40. The molecule has 0 bridgehead atoms. The van der Waals surface area contributed by atoms with Crippen LogP contribution in [-0.4, -0.2) is 27.8 Å². The molecule has 0 saturated carbocycles. The summed E-state index contributed by atoms with van der Waals surface area (Å²) in [7, 11) is 1.78. The highest BCUT2D eigenvalue weighted by atomic mass is 32.1. The van der Waals surface area contributed by atoms with Gasteiger partial charge in [-0.3, -0.25) is 4.79 Å². The van der Waals surface area contributed by atoms with Crippen LogP contribution in [0, 0.1) is 12.7 Å². The number of hydrogen-bond acceptors (Lipinski definition) is 5. The maximum absolute atomic E-state index is 12.9. The van der Waals surface area contributed by atoms with Gasteiger partial charge in [0.15, 0.2) is 0 Å². The van der Waals surface area contributed by atoms with Crippen molar-refractivity contribution in [3.8, 4) is 0 Å². The molecular formula is C18H18FN3OS2. The first-order valence-electron chi connectivity index (χ1n) is 7.82. The molecule has 0 spiro atoms. The monoisotopic (exact) mass is 375 g/mol. The molecule has 7 heteroatoms. The Balaban J connectivity index is 1.56. The zero-order chi connectivity index (χ0) is 17.8. The van der Waals surface area contributed by atoms with E-state index in [4.69, 9.17) is 0 Å². The van der Waals surface area contributed by atoms with Gasteiger partial charge < -0.3 is 4.90 Å². The fourth-order valence-corrected chi connectivity index (χ4v) is 3.82. The quantitative estimate of drug-likeness (QED) is 0.658. The Bertz CT molecular complexity index is 857. The van der Waals surface area contributed by atoms with E-state index in [2.05, 4.69) is 9.97 Å². The van der Waals surface area contributed by atoms with E-state index in [-0.39, 0.29) is 18.1 Å². The van der Waals surface area contributed by atoms with E-state index in [1.807, 2.05) is 17.7 Å². The highest BCUT2D eigenvalue weighted by Crippen LogP contribution is 2.17. The van der Waals surface area contributed by atoms with Crippen LogP contribution >= 0.6 is 22.7 Å². The van der Waals surface area contributed by atoms with Crippen LogP contribution in [0.15, 0.2) is 35.0 Å². The molecule has 25 heavy (non-hydrogen) atoms. The van der Waals surface area contributed by atoms with Crippen LogP contribution in [0.5, 0.6) is 0 Å². The lowest BCUT2D eigenvalue weighted by Crippen LogP contribution is -2.28. The van der Waals surface area contributed by atoms with E-state index in [0.29, 0.717) is 13.0 Å². The summed E-state index contributed by atoms with van der Waals surface area (Å²) in [4.78, 5) is 22.9. The van der Waals surface area contributed by atoms with E-state index >= 15 is 0 Å². The number of halogens is 1. The zero-order valence-corrected chi connectivity index (χ0v) is 15.7. The van der Waals surface area contributed by atoms with Crippen molar-refractivity contribution in [3.63, 3.8) is 0 Å². The van der Waals surface area contributed by atoms with E-state index in [0.717, 1.165) is 27.0 Å². The minimum Gasteiger partial charge on any atom is -0.339 e. The first-order valence-corrected chi connectivity index (χ1v) is 9.58. The van der Waals surface area contributed by atoms with Crippen LogP contribution in [0.2, 0.25) is 0 Å². The van der Waals surface area contributed by atoms with Crippen LogP contribution in [-0.2, 0) is 24.2 Å². The highest BCUT2D eigenvalue weighted by molar-refractivity contribution is 7.09. The molecule has 0 saturated heterocycles. The van der Waals surface area contributed by atoms with Crippen molar-refractivity contribution in [1.29, 1.82) is 0 Å². The van der Waals surface area contributed by atoms with Crippen molar-refractivity contribution in [3.05, 3.63) is 67.8 Å². The normalized spacial score (nSPS) is 10.8. The summed E-state index contributed by atoms with van der Waals surface area (Å²) in [6.45, 7) is 2.46. The summed E-state index contributed by atoms with van der Waals surface area (Å²) in [6.07, 6.45) is 0.923. The van der Waals surface area contributed by atoms with Crippen LogP contribution in [0.4, 0.5) is 4.39 Å². The Morgan fingerprint density at radius 2 is 1.84 bits per heavy atom. The smallest absolute Gasteiger partial charge is 0.228 e. The Morgan fingerprint density at radius 3 is 2.52 bits per heavy atom. The van der Waals surface area contributed by atoms with Gasteiger partial charge in [0.1, 0.15) is 5.82 Å². The number of benzene rings is 1. The van der Waals surface area contributed by atoms with Crippen molar-refractivity contribution in [2.24, 2.45) is 0 Å². The molecule has 3 aromatic rings. The molecule has 0 fully saturated rings. The van der Waals surface area contributed by atoms with Crippen LogP contribution in [0.1, 0.15) is 27.0 Å². The van der Waals surface area contributed by atoms with E-state index in [9.17, 15) is 9.18 Å². The number of carbonyl (C=O) groups excluding carboxylic acids is 1. The van der Waals surface area contributed by atoms with Crippen molar-refractivity contribution in [2.45, 2.75) is 26.3 Å². The van der Waals surface area contributed by atoms with Gasteiger partial charge in [0.2, 0.25) is 5.91 Å². The topological polar surface area (TPSA) is 46.1 Å². The molecule has 0 radical (unpaired) electrons. The van der Waals surface area contributed by atoms with Gasteiger partial charge in [-0.15, -0.1) is 22.7 Å². The van der Waals surface area contributed by atoms with Crippen LogP contribution in [0.3, 0.4) is 0 Å². The molecule has 1 amide bonds. The van der Waals surface area contributed by atoms with E-state index in [1.54, 1.807) is 35.4 Å². The molecule has 1 aromatic carbocycles. The maximum Gasteiger partial charge on any atom is 0.228 e. The number of amides is 1. The summed E-state index contributed by atoms with van der Waals surface area (Å²) >= 11 is 3.11. The van der Waals surface area contributed by atoms with Crippen molar-refractivity contribution in [2.75, 3.05) is 7.05 Å². The summed E-state index contributed by atoms with van der Waals surface area (Å²) in [5.41, 5.74) is 2.69. The zero-order valence-electron chi connectivity index (χ0n) is 14.0. The third-order valence-corrected chi connectivity index (χ3v) is 5.41. The van der Waals surface area contributed by atoms with Crippen molar-refractivity contribution < 1.29 is 9.18 Å². The lowest BCUT2D eigenvalue weighted by molar-refractivity contribution is -0.129. The molecule has 3 rings (SSSR count). The third kappa shape index (κ3) is 4.93. The van der Waals surface area contributed by atoms with E-state index in [1.165, 1.54) is 23.5 Å². The molecule has 4 nitrogen and oxygen atoms in total. The predicted octanol–water partition coefficient (Wildman–Crippen LogP) is 3.84. The van der Waals surface area contributed by atoms with Gasteiger partial charge >= 0.3 is 0 Å². The van der Waals surface area contributed by atoms with Gasteiger partial charge in [0.25, 0.3) is 0 Å². The Morgan fingerprint density at radius 1 is 1.12 bits per heavy atom. The van der Waals surface area contributed by atoms with E-state index < -0.39 is 0 Å². The number of hydrogen-bond donors (Lipinski definition) is 0. The molecule has 0 N–H and O–H groups in total. The molecule has 2 heterocycles. The standard InChI is InChI=1S/C18H18FN3OS2/c1-12-20-16(11-24-12)9-22(2)18(23)8-15-10-25-17(21-15)7-13-3-5-14(19)6-4-13/h3-6,10-11H,7-9H2,1-2H3. The summed E-state index contributed by atoms with van der Waals surface area (Å²) in [5, 5.41) is 5.81. The lowest BCUT2D eigenvalue weighted by atomic mass is 10.1. The fourth-order valence-electron chi connectivity index (χ4n) is 2.39. The molecule has 0 atom stereocenters. The molecule has 130 valence electrons. The predicted molar refractivity (Wildman–Crippen MR) is 98.3 cm³/mol. The molecule has 0 aliphatic heterocycles. The number of aryl methyl sites for hydroxylation is 1. The second-order valence-corrected chi connectivity index (χ2v) is 7.83. The van der Waals surface area contributed by atoms with Crippen LogP contribution in [0.25, 0.3) is 0 Å². The molecule has 2 aromatic heterocycles. The van der Waals surface area contributed by atoms with Crippen LogP contribution < -0.4 is 0 Å². The Labute approximate surface area is 154 Å². The number of rotatable bonds is 6. The number of carbonyl (C=O) groups is 1. The average molecular weight is 375 g/mol. The Hall–Kier alpha value is -2.12. The molecule has 0 aliphatic rings. The van der Waals surface area contributed by atoms with Crippen molar-refractivity contribution in [1.82, 2.24) is 14.9 Å². The van der Waals surface area contributed by atoms with Gasteiger partial charge in [-0.2, -0.15) is 0 Å². The first-order chi connectivity index (χ1) is 12.0. The van der Waals surface area contributed by atoms with Gasteiger partial charge in [0.05, 0.1) is 34.4 Å². The largest absolute Gasteiger partial charge is 0.339 e. The Kier molecular flexibility index (Phi) is 5.55.